The summed E-state index contributed by atoms with van der Waals surface area (Å²) in [5.41, 5.74) is 5.83. The highest BCUT2D eigenvalue weighted by atomic mass is 19.4. The SMILES string of the molecule is CCCCCCCc1ccc(-c2ccc(-c3ccc(C(=O)OCCCCCCCOC(C)C(F)(F)F)cc3)nc2)cc1. The minimum absolute atomic E-state index is 0.0957. The van der Waals surface area contributed by atoms with Crippen LogP contribution in [0.2, 0.25) is 0 Å². The Morgan fingerprint density at radius 3 is 1.98 bits per heavy atom. The maximum absolute atomic E-state index is 12.4. The maximum Gasteiger partial charge on any atom is 0.414 e. The zero-order valence-electron chi connectivity index (χ0n) is 24.9. The Morgan fingerprint density at radius 2 is 1.33 bits per heavy atom. The molecule has 0 aliphatic heterocycles. The summed E-state index contributed by atoms with van der Waals surface area (Å²) in [6.45, 7) is 3.67. The Kier molecular flexibility index (Phi) is 14.0. The Morgan fingerprint density at radius 1 is 0.738 bits per heavy atom. The van der Waals surface area contributed by atoms with Gasteiger partial charge in [0.05, 0.1) is 17.9 Å². The van der Waals surface area contributed by atoms with Crippen LogP contribution in [-0.2, 0) is 15.9 Å². The number of ether oxygens (including phenoxy) is 2. The number of aromatic nitrogens is 1. The molecule has 228 valence electrons. The number of rotatable bonds is 18. The minimum atomic E-state index is -4.31. The third-order valence-corrected chi connectivity index (χ3v) is 7.39. The highest BCUT2D eigenvalue weighted by Gasteiger charge is 2.36. The summed E-state index contributed by atoms with van der Waals surface area (Å²) >= 11 is 0. The number of unbranched alkanes of at least 4 members (excludes halogenated alkanes) is 8. The van der Waals surface area contributed by atoms with Crippen LogP contribution in [0.5, 0.6) is 0 Å². The number of pyridine rings is 1. The lowest BCUT2D eigenvalue weighted by Gasteiger charge is -2.16. The molecule has 0 aliphatic carbocycles. The van der Waals surface area contributed by atoms with Crippen LogP contribution in [0.4, 0.5) is 13.2 Å². The maximum atomic E-state index is 12.4. The van der Waals surface area contributed by atoms with E-state index in [0.29, 0.717) is 25.0 Å². The van der Waals surface area contributed by atoms with E-state index in [4.69, 9.17) is 9.47 Å². The van der Waals surface area contributed by atoms with E-state index in [9.17, 15) is 18.0 Å². The van der Waals surface area contributed by atoms with E-state index in [1.165, 1.54) is 37.7 Å². The average molecular weight is 584 g/mol. The summed E-state index contributed by atoms with van der Waals surface area (Å²) in [6, 6.07) is 20.0. The second-order valence-electron chi connectivity index (χ2n) is 10.8. The fourth-order valence-electron chi connectivity index (χ4n) is 4.65. The normalized spacial score (nSPS) is 12.3. The van der Waals surface area contributed by atoms with Gasteiger partial charge in [0.2, 0.25) is 0 Å². The molecule has 1 atom stereocenters. The molecule has 1 unspecified atom stereocenters. The lowest BCUT2D eigenvalue weighted by Crippen LogP contribution is -2.28. The highest BCUT2D eigenvalue weighted by molar-refractivity contribution is 5.90. The van der Waals surface area contributed by atoms with Crippen LogP contribution >= 0.6 is 0 Å². The molecule has 2 aromatic carbocycles. The Balaban J connectivity index is 1.35. The van der Waals surface area contributed by atoms with E-state index in [1.54, 1.807) is 12.1 Å². The molecular formula is C35H44F3NO3. The van der Waals surface area contributed by atoms with Crippen molar-refractivity contribution in [2.75, 3.05) is 13.2 Å². The second kappa shape index (κ2) is 17.7. The first-order chi connectivity index (χ1) is 20.3. The number of aryl methyl sites for hydroxylation is 1. The Labute approximate surface area is 248 Å². The van der Waals surface area contributed by atoms with Crippen molar-refractivity contribution in [1.29, 1.82) is 0 Å². The number of hydrogen-bond donors (Lipinski definition) is 0. The molecule has 0 fully saturated rings. The van der Waals surface area contributed by atoms with Gasteiger partial charge >= 0.3 is 12.1 Å². The van der Waals surface area contributed by atoms with Gasteiger partial charge in [-0.3, -0.25) is 4.98 Å². The van der Waals surface area contributed by atoms with Gasteiger partial charge in [-0.2, -0.15) is 13.2 Å². The fraction of sp³-hybridized carbons (Fsp3) is 0.486. The number of carbonyl (C=O) groups is 1. The first-order valence-electron chi connectivity index (χ1n) is 15.3. The zero-order chi connectivity index (χ0) is 30.2. The third kappa shape index (κ3) is 11.6. The van der Waals surface area contributed by atoms with Gasteiger partial charge < -0.3 is 9.47 Å². The standard InChI is InChI=1S/C35H44F3NO3/c1-3-4-5-7-10-13-28-14-16-29(17-15-28)32-22-23-33(39-26-32)30-18-20-31(21-19-30)34(40)42-25-12-9-6-8-11-24-41-27(2)35(36,37)38/h14-23,26-27H,3-13,24-25H2,1-2H3. The van der Waals surface area contributed by atoms with Crippen molar-refractivity contribution in [2.24, 2.45) is 0 Å². The monoisotopic (exact) mass is 583 g/mol. The molecule has 0 radical (unpaired) electrons. The molecule has 3 rings (SSSR count). The summed E-state index contributed by atoms with van der Waals surface area (Å²) in [5.74, 6) is -0.371. The molecule has 0 N–H and O–H groups in total. The van der Waals surface area contributed by atoms with Crippen molar-refractivity contribution in [1.82, 2.24) is 4.98 Å². The molecule has 0 amide bonds. The van der Waals surface area contributed by atoms with Crippen LogP contribution in [0.1, 0.15) is 94.0 Å². The van der Waals surface area contributed by atoms with Gasteiger partial charge in [-0.1, -0.05) is 94.3 Å². The Bertz CT molecular complexity index is 1180. The van der Waals surface area contributed by atoms with E-state index in [-0.39, 0.29) is 12.6 Å². The van der Waals surface area contributed by atoms with Gasteiger partial charge in [0.15, 0.2) is 6.10 Å². The number of alkyl halides is 3. The molecule has 7 heteroatoms. The lowest BCUT2D eigenvalue weighted by molar-refractivity contribution is -0.214. The summed E-state index contributed by atoms with van der Waals surface area (Å²) < 4.78 is 47.4. The van der Waals surface area contributed by atoms with Gasteiger partial charge in [0, 0.05) is 23.9 Å². The van der Waals surface area contributed by atoms with Crippen molar-refractivity contribution in [3.63, 3.8) is 0 Å². The van der Waals surface area contributed by atoms with Crippen LogP contribution in [0.15, 0.2) is 66.9 Å². The van der Waals surface area contributed by atoms with E-state index < -0.39 is 12.3 Å². The summed E-state index contributed by atoms with van der Waals surface area (Å²) in [4.78, 5) is 17.0. The molecule has 3 aromatic rings. The molecule has 1 aromatic heterocycles. The molecule has 0 spiro atoms. The quantitative estimate of drug-likeness (QED) is 0.110. The summed E-state index contributed by atoms with van der Waals surface area (Å²) in [5, 5.41) is 0. The highest BCUT2D eigenvalue weighted by Crippen LogP contribution is 2.25. The number of carbonyl (C=O) groups excluding carboxylic acids is 1. The molecular weight excluding hydrogens is 539 g/mol. The number of hydrogen-bond acceptors (Lipinski definition) is 4. The topological polar surface area (TPSA) is 48.4 Å². The van der Waals surface area contributed by atoms with Gasteiger partial charge in [0.1, 0.15) is 0 Å². The van der Waals surface area contributed by atoms with Crippen LogP contribution in [0, 0.1) is 0 Å². The van der Waals surface area contributed by atoms with Gasteiger partial charge in [0.25, 0.3) is 0 Å². The molecule has 1 heterocycles. The number of nitrogens with zero attached hydrogens (tertiary/aromatic N) is 1. The van der Waals surface area contributed by atoms with Gasteiger partial charge in [-0.25, -0.2) is 4.79 Å². The fourth-order valence-corrected chi connectivity index (χ4v) is 4.65. The van der Waals surface area contributed by atoms with Crippen molar-refractivity contribution < 1.29 is 27.4 Å². The largest absolute Gasteiger partial charge is 0.462 e. The molecule has 0 saturated carbocycles. The van der Waals surface area contributed by atoms with Gasteiger partial charge in [-0.05, 0) is 61.9 Å². The smallest absolute Gasteiger partial charge is 0.414 e. The predicted molar refractivity (Wildman–Crippen MR) is 162 cm³/mol. The van der Waals surface area contributed by atoms with Crippen molar-refractivity contribution in [3.8, 4) is 22.4 Å². The molecule has 4 nitrogen and oxygen atoms in total. The number of halogens is 3. The van der Waals surface area contributed by atoms with Crippen LogP contribution < -0.4 is 0 Å². The molecule has 0 aliphatic rings. The third-order valence-electron chi connectivity index (χ3n) is 7.39. The van der Waals surface area contributed by atoms with E-state index in [2.05, 4.69) is 42.2 Å². The summed E-state index contributed by atoms with van der Waals surface area (Å²) in [6.07, 6.45) is 7.17. The van der Waals surface area contributed by atoms with E-state index >= 15 is 0 Å². The van der Waals surface area contributed by atoms with E-state index in [0.717, 1.165) is 55.0 Å². The summed E-state index contributed by atoms with van der Waals surface area (Å²) in [7, 11) is 0. The molecule has 0 bridgehead atoms. The molecule has 42 heavy (non-hydrogen) atoms. The van der Waals surface area contributed by atoms with Crippen molar-refractivity contribution in [3.05, 3.63) is 78.0 Å². The minimum Gasteiger partial charge on any atom is -0.462 e. The lowest BCUT2D eigenvalue weighted by atomic mass is 10.0. The average Bonchev–Trinajstić information content (AvgIpc) is 3.00. The number of esters is 1. The first-order valence-corrected chi connectivity index (χ1v) is 15.3. The van der Waals surface area contributed by atoms with Crippen molar-refractivity contribution >= 4 is 5.97 Å². The zero-order valence-corrected chi connectivity index (χ0v) is 24.9. The number of benzene rings is 2. The first kappa shape index (κ1) is 33.3. The predicted octanol–water partition coefficient (Wildman–Crippen LogP) is 10.0. The van der Waals surface area contributed by atoms with Crippen LogP contribution in [0.3, 0.4) is 0 Å². The van der Waals surface area contributed by atoms with Crippen LogP contribution in [0.25, 0.3) is 22.4 Å². The van der Waals surface area contributed by atoms with Crippen LogP contribution in [-0.4, -0.2) is 36.4 Å². The van der Waals surface area contributed by atoms with Crippen molar-refractivity contribution in [2.45, 2.75) is 96.8 Å². The Hall–Kier alpha value is -3.19. The van der Waals surface area contributed by atoms with E-state index in [1.807, 2.05) is 24.4 Å². The van der Waals surface area contributed by atoms with Gasteiger partial charge in [-0.15, -0.1) is 0 Å². The second-order valence-corrected chi connectivity index (χ2v) is 10.8. The molecule has 0 saturated heterocycles.